The number of carbonyl (C=O) groups excluding carboxylic acids is 1. The van der Waals surface area contributed by atoms with Crippen molar-refractivity contribution in [3.63, 3.8) is 0 Å². The predicted molar refractivity (Wildman–Crippen MR) is 40.3 cm³/mol. The molecular weight excluding hydrogens is 160 g/mol. The maximum absolute atomic E-state index is 10.5. The minimum absolute atomic E-state index is 0.0740. The molecule has 0 bridgehead atoms. The van der Waals surface area contributed by atoms with Gasteiger partial charge in [0.25, 0.3) is 0 Å². The number of hydrogen-bond donors (Lipinski definition) is 3. The Hall–Kier alpha value is -2.00. The Labute approximate surface area is 67.9 Å². The molecule has 0 aliphatic carbocycles. The smallest absolute Gasteiger partial charge is 0.338 e. The lowest BCUT2D eigenvalue weighted by Gasteiger charge is -2.09. The number of rotatable bonds is 1. The van der Waals surface area contributed by atoms with Gasteiger partial charge in [0.05, 0.1) is 16.8 Å². The zero-order valence-corrected chi connectivity index (χ0v) is 6.00. The number of nitrogens with one attached hydrogen (secondary N) is 1. The van der Waals surface area contributed by atoms with Gasteiger partial charge in [-0.25, -0.2) is 9.59 Å². The summed E-state index contributed by atoms with van der Waals surface area (Å²) in [6, 6.07) is 0. The molecule has 1 heterocycles. The van der Waals surface area contributed by atoms with Gasteiger partial charge in [0.1, 0.15) is 5.94 Å². The van der Waals surface area contributed by atoms with E-state index in [0.29, 0.717) is 0 Å². The predicted octanol–water partition coefficient (Wildman–Crippen LogP) is -0.884. The number of allylic oxidation sites excluding steroid dienone is 1. The molecule has 12 heavy (non-hydrogen) atoms. The molecule has 0 radical (unpaired) electrons. The van der Waals surface area contributed by atoms with Gasteiger partial charge < -0.3 is 16.2 Å². The van der Waals surface area contributed by atoms with E-state index in [9.17, 15) is 9.59 Å². The number of carboxylic acids is 1. The molecule has 0 aromatic rings. The first kappa shape index (κ1) is 8.10. The molecular formula is C7H6N2O3. The standard InChI is InChI=1S/C7H6N2O3/c8-6-2-9-1-4(7(11)12)5(6)3-10/h1-2,9H,8H2,(H,11,12). The first-order valence-electron chi connectivity index (χ1n) is 3.08. The van der Waals surface area contributed by atoms with E-state index in [-0.39, 0.29) is 16.8 Å². The Balaban J connectivity index is 3.13. The lowest BCUT2D eigenvalue weighted by atomic mass is 10.0. The van der Waals surface area contributed by atoms with E-state index in [2.05, 4.69) is 5.32 Å². The lowest BCUT2D eigenvalue weighted by Crippen LogP contribution is -2.19. The third-order valence-corrected chi connectivity index (χ3v) is 1.36. The van der Waals surface area contributed by atoms with E-state index in [4.69, 9.17) is 10.8 Å². The fourth-order valence-corrected chi connectivity index (χ4v) is 0.797. The highest BCUT2D eigenvalue weighted by molar-refractivity contribution is 5.97. The van der Waals surface area contributed by atoms with Crippen molar-refractivity contribution in [2.24, 2.45) is 5.73 Å². The number of aliphatic carboxylic acids is 1. The van der Waals surface area contributed by atoms with Crippen molar-refractivity contribution in [3.05, 3.63) is 29.2 Å². The van der Waals surface area contributed by atoms with Crippen LogP contribution in [0.1, 0.15) is 0 Å². The van der Waals surface area contributed by atoms with Crippen LogP contribution in [-0.4, -0.2) is 17.0 Å². The Kier molecular flexibility index (Phi) is 1.98. The largest absolute Gasteiger partial charge is 0.478 e. The van der Waals surface area contributed by atoms with Gasteiger partial charge in [0.15, 0.2) is 0 Å². The van der Waals surface area contributed by atoms with Crippen LogP contribution in [0.15, 0.2) is 29.2 Å². The molecule has 0 aromatic heterocycles. The van der Waals surface area contributed by atoms with Gasteiger partial charge in [-0.1, -0.05) is 0 Å². The number of carboxylic acid groups (broad SMARTS) is 1. The molecule has 4 N–H and O–H groups in total. The molecule has 0 amide bonds. The van der Waals surface area contributed by atoms with Crippen molar-refractivity contribution in [2.75, 3.05) is 0 Å². The Morgan fingerprint density at radius 2 is 2.25 bits per heavy atom. The number of carbonyl (C=O) groups is 1. The Morgan fingerprint density at radius 1 is 1.58 bits per heavy atom. The van der Waals surface area contributed by atoms with Crippen molar-refractivity contribution in [3.8, 4) is 0 Å². The molecule has 0 spiro atoms. The molecule has 0 aromatic carbocycles. The molecule has 1 aliphatic rings. The fraction of sp³-hybridized carbons (Fsp3) is 0. The van der Waals surface area contributed by atoms with Crippen LogP contribution >= 0.6 is 0 Å². The van der Waals surface area contributed by atoms with Crippen molar-refractivity contribution < 1.29 is 14.7 Å². The topological polar surface area (TPSA) is 92.4 Å². The van der Waals surface area contributed by atoms with Gasteiger partial charge in [0, 0.05) is 12.4 Å². The SMILES string of the molecule is NC1=CNC=C(C(=O)O)C1=C=O. The van der Waals surface area contributed by atoms with Crippen LogP contribution in [-0.2, 0) is 9.59 Å². The summed E-state index contributed by atoms with van der Waals surface area (Å²) >= 11 is 0. The summed E-state index contributed by atoms with van der Waals surface area (Å²) in [5.74, 6) is 0.258. The second-order valence-corrected chi connectivity index (χ2v) is 2.11. The van der Waals surface area contributed by atoms with Gasteiger partial charge in [0.2, 0.25) is 0 Å². The van der Waals surface area contributed by atoms with Gasteiger partial charge in [-0.05, 0) is 0 Å². The highest BCUT2D eigenvalue weighted by Gasteiger charge is 2.19. The summed E-state index contributed by atoms with van der Waals surface area (Å²) in [6.07, 6.45) is 2.51. The third-order valence-electron chi connectivity index (χ3n) is 1.36. The molecule has 0 saturated heterocycles. The van der Waals surface area contributed by atoms with E-state index in [1.54, 1.807) is 0 Å². The molecule has 1 rings (SSSR count). The highest BCUT2D eigenvalue weighted by atomic mass is 16.4. The molecule has 0 unspecified atom stereocenters. The lowest BCUT2D eigenvalue weighted by molar-refractivity contribution is -0.132. The first-order chi connectivity index (χ1) is 5.66. The average molecular weight is 166 g/mol. The van der Waals surface area contributed by atoms with Crippen LogP contribution in [0.3, 0.4) is 0 Å². The average Bonchev–Trinajstić information content (AvgIpc) is 2.03. The van der Waals surface area contributed by atoms with E-state index in [1.807, 2.05) is 0 Å². The van der Waals surface area contributed by atoms with Gasteiger partial charge in [-0.15, -0.1) is 0 Å². The van der Waals surface area contributed by atoms with Gasteiger partial charge in [-0.3, -0.25) is 0 Å². The number of hydrogen-bond acceptors (Lipinski definition) is 4. The molecule has 5 heteroatoms. The van der Waals surface area contributed by atoms with Crippen molar-refractivity contribution in [1.29, 1.82) is 0 Å². The van der Waals surface area contributed by atoms with Crippen LogP contribution in [0.2, 0.25) is 0 Å². The Morgan fingerprint density at radius 3 is 2.67 bits per heavy atom. The van der Waals surface area contributed by atoms with E-state index in [0.717, 1.165) is 0 Å². The zero-order valence-electron chi connectivity index (χ0n) is 6.00. The minimum Gasteiger partial charge on any atom is -0.478 e. The summed E-state index contributed by atoms with van der Waals surface area (Å²) in [7, 11) is 0. The first-order valence-corrected chi connectivity index (χ1v) is 3.08. The van der Waals surface area contributed by atoms with Gasteiger partial charge in [-0.2, -0.15) is 0 Å². The molecule has 62 valence electrons. The zero-order chi connectivity index (χ0) is 9.14. The normalized spacial score (nSPS) is 15.5. The highest BCUT2D eigenvalue weighted by Crippen LogP contribution is 2.14. The summed E-state index contributed by atoms with van der Waals surface area (Å²) in [5, 5.41) is 11.1. The van der Waals surface area contributed by atoms with Crippen molar-refractivity contribution >= 4 is 11.9 Å². The maximum Gasteiger partial charge on any atom is 0.338 e. The monoisotopic (exact) mass is 166 g/mol. The van der Waals surface area contributed by atoms with Crippen LogP contribution < -0.4 is 11.1 Å². The maximum atomic E-state index is 10.5. The van der Waals surface area contributed by atoms with Crippen LogP contribution in [0.5, 0.6) is 0 Å². The van der Waals surface area contributed by atoms with Crippen molar-refractivity contribution in [2.45, 2.75) is 0 Å². The van der Waals surface area contributed by atoms with Crippen LogP contribution in [0, 0.1) is 0 Å². The summed E-state index contributed by atoms with van der Waals surface area (Å²) in [4.78, 5) is 20.7. The van der Waals surface area contributed by atoms with Crippen LogP contribution in [0.4, 0.5) is 0 Å². The molecule has 0 fully saturated rings. The minimum atomic E-state index is -1.21. The van der Waals surface area contributed by atoms with E-state index >= 15 is 0 Å². The molecule has 0 saturated carbocycles. The summed E-state index contributed by atoms with van der Waals surface area (Å²) in [5.41, 5.74) is 5.09. The summed E-state index contributed by atoms with van der Waals surface area (Å²) < 4.78 is 0. The van der Waals surface area contributed by atoms with Crippen LogP contribution in [0.25, 0.3) is 0 Å². The third kappa shape index (κ3) is 1.21. The van der Waals surface area contributed by atoms with E-state index < -0.39 is 5.97 Å². The fourth-order valence-electron chi connectivity index (χ4n) is 0.797. The molecule has 5 nitrogen and oxygen atoms in total. The number of dihydropyridines is 1. The second kappa shape index (κ2) is 2.94. The quantitative estimate of drug-likeness (QED) is 0.440. The molecule has 1 aliphatic heterocycles. The van der Waals surface area contributed by atoms with Crippen molar-refractivity contribution in [1.82, 2.24) is 5.32 Å². The summed E-state index contributed by atoms with van der Waals surface area (Å²) in [6.45, 7) is 0. The van der Waals surface area contributed by atoms with Gasteiger partial charge >= 0.3 is 5.97 Å². The molecule has 0 atom stereocenters. The van der Waals surface area contributed by atoms with E-state index in [1.165, 1.54) is 18.3 Å². The number of nitrogens with two attached hydrogens (primary N) is 1. The Bertz CT molecular complexity index is 335. The second-order valence-electron chi connectivity index (χ2n) is 2.11.